The van der Waals surface area contributed by atoms with E-state index in [9.17, 15) is 19.5 Å². The van der Waals surface area contributed by atoms with Crippen LogP contribution in [0.2, 0.25) is 0 Å². The molecule has 0 spiro atoms. The fraction of sp³-hybridized carbons (Fsp3) is 0.640. The fourth-order valence-corrected chi connectivity index (χ4v) is 5.06. The van der Waals surface area contributed by atoms with E-state index >= 15 is 0 Å². The van der Waals surface area contributed by atoms with Crippen LogP contribution in [0.4, 0.5) is 0 Å². The first-order valence-electron chi connectivity index (χ1n) is 11.7. The topological polar surface area (TPSA) is 108 Å². The second kappa shape index (κ2) is 10.5. The number of aliphatic hydroxyl groups is 1. The SMILES string of the molecule is CCOC(=O)C1C(=O)CC(C)(O)C(C(=O)OCC)C1c1ccc(OC)c(OC2CCCC2)c1. The fourth-order valence-electron chi connectivity index (χ4n) is 5.06. The predicted molar refractivity (Wildman–Crippen MR) is 119 cm³/mol. The second-order valence-corrected chi connectivity index (χ2v) is 8.92. The van der Waals surface area contributed by atoms with E-state index in [1.54, 1.807) is 32.0 Å². The zero-order chi connectivity index (χ0) is 24.2. The molecule has 2 aliphatic carbocycles. The smallest absolute Gasteiger partial charge is 0.317 e. The van der Waals surface area contributed by atoms with Crippen molar-refractivity contribution in [2.45, 2.75) is 70.5 Å². The molecule has 182 valence electrons. The van der Waals surface area contributed by atoms with E-state index in [2.05, 4.69) is 0 Å². The number of esters is 2. The van der Waals surface area contributed by atoms with E-state index in [0.717, 1.165) is 25.7 Å². The van der Waals surface area contributed by atoms with E-state index < -0.39 is 41.1 Å². The summed E-state index contributed by atoms with van der Waals surface area (Å²) in [6, 6.07) is 5.09. The monoisotopic (exact) mass is 462 g/mol. The van der Waals surface area contributed by atoms with Gasteiger partial charge in [-0.1, -0.05) is 6.07 Å². The Bertz CT molecular complexity index is 871. The molecule has 2 aliphatic rings. The molecule has 0 aliphatic heterocycles. The molecule has 4 unspecified atom stereocenters. The lowest BCUT2D eigenvalue weighted by Gasteiger charge is -2.43. The zero-order valence-electron chi connectivity index (χ0n) is 19.8. The third-order valence-corrected chi connectivity index (χ3v) is 6.52. The van der Waals surface area contributed by atoms with Gasteiger partial charge in [-0.05, 0) is 64.2 Å². The summed E-state index contributed by atoms with van der Waals surface area (Å²) in [6.07, 6.45) is 3.73. The Labute approximate surface area is 194 Å². The molecule has 1 aromatic rings. The van der Waals surface area contributed by atoms with Crippen molar-refractivity contribution in [3.8, 4) is 11.5 Å². The summed E-state index contributed by atoms with van der Waals surface area (Å²) in [5.41, 5.74) is -1.18. The Morgan fingerprint density at radius 1 is 1.06 bits per heavy atom. The van der Waals surface area contributed by atoms with Crippen molar-refractivity contribution in [2.24, 2.45) is 11.8 Å². The number of carbonyl (C=O) groups excluding carboxylic acids is 3. The normalized spacial score (nSPS) is 27.8. The maximum Gasteiger partial charge on any atom is 0.317 e. The van der Waals surface area contributed by atoms with Gasteiger partial charge in [-0.25, -0.2) is 0 Å². The number of Topliss-reactive ketones (excluding diaryl/α,β-unsaturated/α-hetero) is 1. The molecule has 4 atom stereocenters. The van der Waals surface area contributed by atoms with E-state index in [0.29, 0.717) is 17.1 Å². The molecule has 3 rings (SSSR count). The first-order valence-corrected chi connectivity index (χ1v) is 11.7. The molecule has 33 heavy (non-hydrogen) atoms. The van der Waals surface area contributed by atoms with Crippen LogP contribution < -0.4 is 9.47 Å². The van der Waals surface area contributed by atoms with Crippen molar-refractivity contribution in [1.29, 1.82) is 0 Å². The van der Waals surface area contributed by atoms with E-state index in [-0.39, 0.29) is 25.7 Å². The molecule has 0 aromatic heterocycles. The largest absolute Gasteiger partial charge is 0.493 e. The third-order valence-electron chi connectivity index (χ3n) is 6.52. The summed E-state index contributed by atoms with van der Waals surface area (Å²) in [5.74, 6) is -4.22. The van der Waals surface area contributed by atoms with Crippen LogP contribution in [0.25, 0.3) is 0 Å². The highest BCUT2D eigenvalue weighted by Crippen LogP contribution is 2.48. The van der Waals surface area contributed by atoms with Gasteiger partial charge in [-0.15, -0.1) is 0 Å². The first kappa shape index (κ1) is 25.0. The molecule has 0 saturated heterocycles. The Morgan fingerprint density at radius 3 is 2.30 bits per heavy atom. The lowest BCUT2D eigenvalue weighted by atomic mass is 9.61. The Balaban J connectivity index is 2.11. The van der Waals surface area contributed by atoms with Crippen LogP contribution in [0.3, 0.4) is 0 Å². The van der Waals surface area contributed by atoms with Gasteiger partial charge in [0.25, 0.3) is 0 Å². The van der Waals surface area contributed by atoms with Gasteiger partial charge in [0.1, 0.15) is 5.92 Å². The Morgan fingerprint density at radius 2 is 1.70 bits per heavy atom. The number of carbonyl (C=O) groups is 3. The van der Waals surface area contributed by atoms with Crippen molar-refractivity contribution in [3.05, 3.63) is 23.8 Å². The minimum absolute atomic E-state index is 0.0481. The lowest BCUT2D eigenvalue weighted by Crippen LogP contribution is -2.55. The molecule has 1 N–H and O–H groups in total. The van der Waals surface area contributed by atoms with Crippen LogP contribution in [-0.2, 0) is 23.9 Å². The molecule has 2 saturated carbocycles. The highest BCUT2D eigenvalue weighted by Gasteiger charge is 2.57. The molecule has 2 fully saturated rings. The van der Waals surface area contributed by atoms with Gasteiger partial charge in [-0.3, -0.25) is 14.4 Å². The van der Waals surface area contributed by atoms with Gasteiger partial charge in [0.05, 0.1) is 37.9 Å². The van der Waals surface area contributed by atoms with Crippen molar-refractivity contribution in [3.63, 3.8) is 0 Å². The van der Waals surface area contributed by atoms with Gasteiger partial charge < -0.3 is 24.1 Å². The van der Waals surface area contributed by atoms with Crippen molar-refractivity contribution in [1.82, 2.24) is 0 Å². The number of methoxy groups -OCH3 is 1. The maximum atomic E-state index is 13.1. The second-order valence-electron chi connectivity index (χ2n) is 8.92. The van der Waals surface area contributed by atoms with Gasteiger partial charge >= 0.3 is 11.9 Å². The van der Waals surface area contributed by atoms with Crippen LogP contribution in [-0.4, -0.2) is 54.9 Å². The molecule has 0 bridgehead atoms. The van der Waals surface area contributed by atoms with E-state index in [4.69, 9.17) is 18.9 Å². The number of ether oxygens (including phenoxy) is 4. The summed E-state index contributed by atoms with van der Waals surface area (Å²) in [6.45, 7) is 4.95. The Kier molecular flexibility index (Phi) is 8.00. The summed E-state index contributed by atoms with van der Waals surface area (Å²) in [7, 11) is 1.54. The average molecular weight is 463 g/mol. The minimum atomic E-state index is -1.69. The number of hydrogen-bond donors (Lipinski definition) is 1. The summed E-state index contributed by atoms with van der Waals surface area (Å²) < 4.78 is 22.1. The molecule has 0 radical (unpaired) electrons. The van der Waals surface area contributed by atoms with E-state index in [1.807, 2.05) is 0 Å². The van der Waals surface area contributed by atoms with Gasteiger partial charge in [0.2, 0.25) is 0 Å². The molecule has 8 heteroatoms. The Hall–Kier alpha value is -2.61. The number of benzene rings is 1. The lowest BCUT2D eigenvalue weighted by molar-refractivity contribution is -0.172. The highest BCUT2D eigenvalue weighted by molar-refractivity contribution is 6.02. The third kappa shape index (κ3) is 5.32. The molecular formula is C25H34O8. The van der Waals surface area contributed by atoms with Crippen LogP contribution in [0.15, 0.2) is 18.2 Å². The summed E-state index contributed by atoms with van der Waals surface area (Å²) in [5, 5.41) is 11.1. The zero-order valence-corrected chi connectivity index (χ0v) is 19.8. The van der Waals surface area contributed by atoms with Crippen molar-refractivity contribution in [2.75, 3.05) is 20.3 Å². The first-order chi connectivity index (χ1) is 15.7. The van der Waals surface area contributed by atoms with Crippen LogP contribution >= 0.6 is 0 Å². The van der Waals surface area contributed by atoms with Gasteiger partial charge in [0.15, 0.2) is 17.3 Å². The number of hydrogen-bond acceptors (Lipinski definition) is 8. The standard InChI is InChI=1S/C25H34O8/c1-5-31-23(27)21-17(26)14-25(3,29)22(24(28)32-6-2)20(21)15-11-12-18(30-4)19(13-15)33-16-9-7-8-10-16/h11-13,16,20-22,29H,5-10,14H2,1-4H3. The minimum Gasteiger partial charge on any atom is -0.493 e. The highest BCUT2D eigenvalue weighted by atomic mass is 16.5. The maximum absolute atomic E-state index is 13.1. The average Bonchev–Trinajstić information content (AvgIpc) is 3.25. The quantitative estimate of drug-likeness (QED) is 0.464. The molecule has 0 heterocycles. The van der Waals surface area contributed by atoms with Crippen LogP contribution in [0.1, 0.15) is 64.4 Å². The molecule has 8 nitrogen and oxygen atoms in total. The number of ketones is 1. The van der Waals surface area contributed by atoms with Gasteiger partial charge in [0, 0.05) is 12.3 Å². The van der Waals surface area contributed by atoms with E-state index in [1.165, 1.54) is 14.0 Å². The number of rotatable bonds is 8. The summed E-state index contributed by atoms with van der Waals surface area (Å²) >= 11 is 0. The van der Waals surface area contributed by atoms with Crippen LogP contribution in [0.5, 0.6) is 11.5 Å². The summed E-state index contributed by atoms with van der Waals surface area (Å²) in [4.78, 5) is 39.0. The van der Waals surface area contributed by atoms with Crippen molar-refractivity contribution >= 4 is 17.7 Å². The van der Waals surface area contributed by atoms with Gasteiger partial charge in [-0.2, -0.15) is 0 Å². The van der Waals surface area contributed by atoms with Crippen LogP contribution in [0, 0.1) is 11.8 Å². The van der Waals surface area contributed by atoms with Crippen molar-refractivity contribution < 1.29 is 38.4 Å². The predicted octanol–water partition coefficient (Wildman–Crippen LogP) is 3.18. The molecular weight excluding hydrogens is 428 g/mol. The molecule has 1 aromatic carbocycles. The molecule has 0 amide bonds.